The van der Waals surface area contributed by atoms with Crippen LogP contribution in [0.25, 0.3) is 0 Å². The molecular weight excluding hydrogens is 374 g/mol. The van der Waals surface area contributed by atoms with Gasteiger partial charge in [0.15, 0.2) is 12.7 Å². The van der Waals surface area contributed by atoms with Crippen LogP contribution in [0.4, 0.5) is 0 Å². The molecule has 0 aliphatic heterocycles. The van der Waals surface area contributed by atoms with E-state index in [1.165, 1.54) is 0 Å². The molecule has 0 fully saturated rings. The van der Waals surface area contributed by atoms with Crippen LogP contribution in [0.2, 0.25) is 0 Å². The zero-order valence-electron chi connectivity index (χ0n) is 13.1. The second-order valence-corrected chi connectivity index (χ2v) is 6.18. The summed E-state index contributed by atoms with van der Waals surface area (Å²) in [4.78, 5) is 23.7. The van der Waals surface area contributed by atoms with Crippen LogP contribution in [0.15, 0.2) is 59.1 Å². The first-order chi connectivity index (χ1) is 11.5. The number of halogens is 1. The summed E-state index contributed by atoms with van der Waals surface area (Å²) < 4.78 is 5.82. The van der Waals surface area contributed by atoms with Gasteiger partial charge in [0, 0.05) is 4.47 Å². The lowest BCUT2D eigenvalue weighted by atomic mass is 10.1. The van der Waals surface area contributed by atoms with E-state index >= 15 is 0 Å². The van der Waals surface area contributed by atoms with Gasteiger partial charge >= 0.3 is 5.97 Å². The van der Waals surface area contributed by atoms with E-state index in [1.54, 1.807) is 30.3 Å². The van der Waals surface area contributed by atoms with Crippen LogP contribution in [0, 0.1) is 0 Å². The van der Waals surface area contributed by atoms with Crippen molar-refractivity contribution < 1.29 is 19.4 Å². The van der Waals surface area contributed by atoms with Crippen molar-refractivity contribution in [2.24, 2.45) is 0 Å². The van der Waals surface area contributed by atoms with Crippen molar-refractivity contribution in [3.8, 4) is 0 Å². The van der Waals surface area contributed by atoms with E-state index in [2.05, 4.69) is 21.2 Å². The highest BCUT2D eigenvalue weighted by atomic mass is 79.9. The van der Waals surface area contributed by atoms with Crippen LogP contribution in [0.5, 0.6) is 0 Å². The third-order valence-electron chi connectivity index (χ3n) is 3.43. The molecule has 0 aliphatic carbocycles. The SMILES string of the molecule is C[C@H](NC(=O)COC(=O)[C@H](O)c1ccccc1)c1ccc(Br)cc1. The first-order valence-corrected chi connectivity index (χ1v) is 8.21. The first-order valence-electron chi connectivity index (χ1n) is 7.42. The minimum absolute atomic E-state index is 0.219. The second-order valence-electron chi connectivity index (χ2n) is 5.26. The van der Waals surface area contributed by atoms with Crippen LogP contribution in [-0.4, -0.2) is 23.6 Å². The van der Waals surface area contributed by atoms with Crippen molar-refractivity contribution in [2.45, 2.75) is 19.1 Å². The molecule has 0 saturated heterocycles. The van der Waals surface area contributed by atoms with Crippen molar-refractivity contribution in [3.05, 3.63) is 70.2 Å². The van der Waals surface area contributed by atoms with Crippen LogP contribution in [0.1, 0.15) is 30.2 Å². The maximum atomic E-state index is 11.9. The Morgan fingerprint density at radius 1 is 1.08 bits per heavy atom. The summed E-state index contributed by atoms with van der Waals surface area (Å²) >= 11 is 3.35. The maximum absolute atomic E-state index is 11.9. The van der Waals surface area contributed by atoms with Crippen molar-refractivity contribution in [3.63, 3.8) is 0 Å². The number of hydrogen-bond acceptors (Lipinski definition) is 4. The summed E-state index contributed by atoms with van der Waals surface area (Å²) in [5.41, 5.74) is 1.35. The number of carbonyl (C=O) groups excluding carboxylic acids is 2. The number of ether oxygens (including phenoxy) is 1. The lowest BCUT2D eigenvalue weighted by Crippen LogP contribution is -2.32. The Hall–Kier alpha value is -2.18. The third kappa shape index (κ3) is 5.18. The monoisotopic (exact) mass is 391 g/mol. The Morgan fingerprint density at radius 3 is 2.33 bits per heavy atom. The topological polar surface area (TPSA) is 75.6 Å². The third-order valence-corrected chi connectivity index (χ3v) is 3.96. The van der Waals surface area contributed by atoms with Crippen molar-refractivity contribution >= 4 is 27.8 Å². The van der Waals surface area contributed by atoms with E-state index in [1.807, 2.05) is 31.2 Å². The molecule has 2 atom stereocenters. The van der Waals surface area contributed by atoms with E-state index < -0.39 is 24.6 Å². The van der Waals surface area contributed by atoms with E-state index in [0.29, 0.717) is 5.56 Å². The van der Waals surface area contributed by atoms with E-state index in [-0.39, 0.29) is 6.04 Å². The van der Waals surface area contributed by atoms with E-state index in [0.717, 1.165) is 10.0 Å². The van der Waals surface area contributed by atoms with Gasteiger partial charge in [0.25, 0.3) is 5.91 Å². The van der Waals surface area contributed by atoms with Gasteiger partial charge in [-0.15, -0.1) is 0 Å². The molecule has 5 nitrogen and oxygen atoms in total. The molecule has 6 heteroatoms. The molecule has 0 saturated carbocycles. The average Bonchev–Trinajstić information content (AvgIpc) is 2.60. The summed E-state index contributed by atoms with van der Waals surface area (Å²) in [6.07, 6.45) is -1.40. The van der Waals surface area contributed by atoms with Gasteiger partial charge in [0.05, 0.1) is 6.04 Å². The Bertz CT molecular complexity index is 688. The molecule has 126 valence electrons. The van der Waals surface area contributed by atoms with Crippen LogP contribution < -0.4 is 5.32 Å². The summed E-state index contributed by atoms with van der Waals surface area (Å²) in [7, 11) is 0. The number of amides is 1. The smallest absolute Gasteiger partial charge is 0.340 e. The lowest BCUT2D eigenvalue weighted by molar-refractivity contribution is -0.157. The minimum atomic E-state index is -1.40. The zero-order chi connectivity index (χ0) is 17.5. The zero-order valence-corrected chi connectivity index (χ0v) is 14.7. The molecule has 0 spiro atoms. The maximum Gasteiger partial charge on any atom is 0.340 e. The van der Waals surface area contributed by atoms with E-state index in [9.17, 15) is 14.7 Å². The quantitative estimate of drug-likeness (QED) is 0.742. The Kier molecular flexibility index (Phi) is 6.52. The largest absolute Gasteiger partial charge is 0.453 e. The molecule has 1 amide bonds. The molecule has 0 aromatic heterocycles. The highest BCUT2D eigenvalue weighted by Crippen LogP contribution is 2.17. The van der Waals surface area contributed by atoms with Gasteiger partial charge in [-0.2, -0.15) is 0 Å². The van der Waals surface area contributed by atoms with Crippen LogP contribution in [0.3, 0.4) is 0 Å². The summed E-state index contributed by atoms with van der Waals surface area (Å²) in [5, 5.41) is 12.6. The average molecular weight is 392 g/mol. The van der Waals surface area contributed by atoms with Gasteiger partial charge < -0.3 is 15.2 Å². The molecule has 2 aromatic carbocycles. The van der Waals surface area contributed by atoms with Crippen molar-refractivity contribution in [1.29, 1.82) is 0 Å². The molecule has 0 radical (unpaired) electrons. The predicted molar refractivity (Wildman–Crippen MR) is 93.1 cm³/mol. The Labute approximate surface area is 148 Å². The van der Waals surface area contributed by atoms with Gasteiger partial charge in [0.2, 0.25) is 0 Å². The van der Waals surface area contributed by atoms with Crippen molar-refractivity contribution in [2.75, 3.05) is 6.61 Å². The molecule has 0 heterocycles. The Balaban J connectivity index is 1.82. The first kappa shape index (κ1) is 18.2. The summed E-state index contributed by atoms with van der Waals surface area (Å²) in [5.74, 6) is -1.29. The van der Waals surface area contributed by atoms with Gasteiger partial charge in [-0.3, -0.25) is 4.79 Å². The fraction of sp³-hybridized carbons (Fsp3) is 0.222. The number of hydrogen-bond donors (Lipinski definition) is 2. The lowest BCUT2D eigenvalue weighted by Gasteiger charge is -2.15. The van der Waals surface area contributed by atoms with Crippen LogP contribution in [-0.2, 0) is 14.3 Å². The molecule has 0 aliphatic rings. The highest BCUT2D eigenvalue weighted by molar-refractivity contribution is 9.10. The number of aliphatic hydroxyl groups is 1. The van der Waals surface area contributed by atoms with E-state index in [4.69, 9.17) is 4.74 Å². The normalized spacial score (nSPS) is 13.0. The van der Waals surface area contributed by atoms with Crippen LogP contribution >= 0.6 is 15.9 Å². The predicted octanol–water partition coefficient (Wildman–Crippen LogP) is 2.90. The van der Waals surface area contributed by atoms with Crippen molar-refractivity contribution in [1.82, 2.24) is 5.32 Å². The highest BCUT2D eigenvalue weighted by Gasteiger charge is 2.20. The van der Waals surface area contributed by atoms with Gasteiger partial charge in [0.1, 0.15) is 0 Å². The van der Waals surface area contributed by atoms with Gasteiger partial charge in [-0.05, 0) is 30.2 Å². The summed E-state index contributed by atoms with van der Waals surface area (Å²) in [6.45, 7) is 1.39. The number of rotatable bonds is 6. The molecule has 2 aromatic rings. The molecule has 2 rings (SSSR count). The number of esters is 1. The van der Waals surface area contributed by atoms with Gasteiger partial charge in [-0.1, -0.05) is 58.4 Å². The minimum Gasteiger partial charge on any atom is -0.453 e. The number of aliphatic hydroxyl groups excluding tert-OH is 1. The number of benzene rings is 2. The standard InChI is InChI=1S/C18H18BrNO4/c1-12(13-7-9-15(19)10-8-13)20-16(21)11-24-18(23)17(22)14-5-3-2-4-6-14/h2-10,12,17,22H,11H2,1H3,(H,20,21)/t12-,17+/m0/s1. The number of nitrogens with one attached hydrogen (secondary N) is 1. The number of carbonyl (C=O) groups is 2. The fourth-order valence-electron chi connectivity index (χ4n) is 2.10. The fourth-order valence-corrected chi connectivity index (χ4v) is 2.37. The molecule has 0 unspecified atom stereocenters. The Morgan fingerprint density at radius 2 is 1.71 bits per heavy atom. The second kappa shape index (κ2) is 8.61. The van der Waals surface area contributed by atoms with Gasteiger partial charge in [-0.25, -0.2) is 4.79 Å². The summed E-state index contributed by atoms with van der Waals surface area (Å²) in [6, 6.07) is 15.7. The molecule has 24 heavy (non-hydrogen) atoms. The molecule has 2 N–H and O–H groups in total. The molecule has 0 bridgehead atoms. The molecular formula is C18H18BrNO4.